The summed E-state index contributed by atoms with van der Waals surface area (Å²) in [6, 6.07) is 4.14. The molecule has 2 fully saturated rings. The van der Waals surface area contributed by atoms with Crippen LogP contribution in [0.25, 0.3) is 0 Å². The monoisotopic (exact) mass is 340 g/mol. The molecule has 1 aromatic heterocycles. The Morgan fingerprint density at radius 1 is 1.57 bits per heavy atom. The Labute approximate surface area is 141 Å². The van der Waals surface area contributed by atoms with Crippen molar-refractivity contribution in [3.05, 3.63) is 22.4 Å². The number of likely N-dealkylation sites (tertiary alicyclic amines) is 1. The molecule has 1 saturated heterocycles. The molecule has 4 nitrogen and oxygen atoms in total. The van der Waals surface area contributed by atoms with Gasteiger partial charge in [0.05, 0.1) is 6.61 Å². The number of nitrogens with zero attached hydrogens (tertiary/aromatic N) is 1. The first-order valence-corrected chi connectivity index (χ1v) is 9.29. The van der Waals surface area contributed by atoms with Crippen LogP contribution in [0.2, 0.25) is 0 Å². The summed E-state index contributed by atoms with van der Waals surface area (Å²) >= 11 is 1.69. The molecule has 1 amide bonds. The van der Waals surface area contributed by atoms with Crippen molar-refractivity contribution in [1.82, 2.24) is 10.2 Å². The fraction of sp³-hybridized carbons (Fsp3) is 0.706. The summed E-state index contributed by atoms with van der Waals surface area (Å²) in [7, 11) is 0. The van der Waals surface area contributed by atoms with Gasteiger partial charge in [0.1, 0.15) is 12.3 Å². The molecule has 23 heavy (non-hydrogen) atoms. The van der Waals surface area contributed by atoms with E-state index in [-0.39, 0.29) is 11.9 Å². The molecule has 1 aliphatic heterocycles. The summed E-state index contributed by atoms with van der Waals surface area (Å²) in [6.45, 7) is 4.16. The Kier molecular flexibility index (Phi) is 5.67. The highest BCUT2D eigenvalue weighted by molar-refractivity contribution is 7.09. The summed E-state index contributed by atoms with van der Waals surface area (Å²) in [4.78, 5) is 15.5. The van der Waals surface area contributed by atoms with E-state index in [9.17, 15) is 9.18 Å². The third kappa shape index (κ3) is 4.99. The van der Waals surface area contributed by atoms with Crippen LogP contribution in [0.3, 0.4) is 0 Å². The van der Waals surface area contributed by atoms with Gasteiger partial charge in [-0.15, -0.1) is 11.3 Å². The number of carbonyl (C=O) groups is 1. The Bertz CT molecular complexity index is 507. The number of hydrogen-bond acceptors (Lipinski definition) is 4. The van der Waals surface area contributed by atoms with Gasteiger partial charge in [0.25, 0.3) is 0 Å². The molecule has 0 aromatic carbocycles. The molecule has 2 heterocycles. The summed E-state index contributed by atoms with van der Waals surface area (Å²) in [5.41, 5.74) is 0. The number of amides is 1. The van der Waals surface area contributed by atoms with Crippen LogP contribution in [0.5, 0.6) is 0 Å². The normalized spacial score (nSPS) is 26.3. The van der Waals surface area contributed by atoms with E-state index in [2.05, 4.69) is 16.3 Å². The number of hydrogen-bond donors (Lipinski definition) is 1. The van der Waals surface area contributed by atoms with Gasteiger partial charge in [-0.1, -0.05) is 6.07 Å². The standard InChI is InChI=1S/C17H25FN2O2S/c1-12(22-11-13-4-5-13)17(21)19-8-15-7-14(18)9-20(15)10-16-3-2-6-23-16/h2-3,6,12-15H,4-5,7-11H2,1H3,(H,19,21)/t12-,14+,15+/m1/s1. The van der Waals surface area contributed by atoms with Crippen LogP contribution in [0.4, 0.5) is 4.39 Å². The smallest absolute Gasteiger partial charge is 0.248 e. The second-order valence-corrected chi connectivity index (χ2v) is 7.69. The number of thiophene rings is 1. The Balaban J connectivity index is 1.44. The number of halogens is 1. The highest BCUT2D eigenvalue weighted by atomic mass is 32.1. The second-order valence-electron chi connectivity index (χ2n) is 6.66. The summed E-state index contributed by atoms with van der Waals surface area (Å²) < 4.78 is 19.4. The molecule has 3 rings (SSSR count). The van der Waals surface area contributed by atoms with Crippen LogP contribution in [-0.2, 0) is 16.1 Å². The first kappa shape index (κ1) is 16.9. The molecule has 0 radical (unpaired) electrons. The molecular weight excluding hydrogens is 315 g/mol. The molecule has 128 valence electrons. The highest BCUT2D eigenvalue weighted by Crippen LogP contribution is 2.29. The van der Waals surface area contributed by atoms with Crippen LogP contribution in [-0.4, -0.2) is 48.8 Å². The topological polar surface area (TPSA) is 41.6 Å². The fourth-order valence-corrected chi connectivity index (χ4v) is 3.66. The van der Waals surface area contributed by atoms with Crippen LogP contribution < -0.4 is 5.32 Å². The van der Waals surface area contributed by atoms with E-state index in [1.807, 2.05) is 11.4 Å². The molecule has 1 N–H and O–H groups in total. The molecule has 1 saturated carbocycles. The van der Waals surface area contributed by atoms with E-state index in [0.717, 1.165) is 6.54 Å². The zero-order chi connectivity index (χ0) is 16.2. The molecule has 0 bridgehead atoms. The SMILES string of the molecule is C[C@@H](OCC1CC1)C(=O)NC[C@@H]1C[C@H](F)CN1Cc1cccs1. The minimum atomic E-state index is -0.805. The number of alkyl halides is 1. The predicted octanol–water partition coefficient (Wildman–Crippen LogP) is 2.59. The van der Waals surface area contributed by atoms with Gasteiger partial charge in [-0.2, -0.15) is 0 Å². The van der Waals surface area contributed by atoms with Gasteiger partial charge in [0.2, 0.25) is 5.91 Å². The summed E-state index contributed by atoms with van der Waals surface area (Å²) in [5.74, 6) is 0.553. The second kappa shape index (κ2) is 7.73. The number of nitrogens with one attached hydrogen (secondary N) is 1. The molecule has 0 unspecified atom stereocenters. The zero-order valence-corrected chi connectivity index (χ0v) is 14.4. The molecule has 1 aliphatic carbocycles. The fourth-order valence-electron chi connectivity index (χ4n) is 2.93. The van der Waals surface area contributed by atoms with E-state index in [0.29, 0.717) is 32.0 Å². The maximum absolute atomic E-state index is 13.8. The lowest BCUT2D eigenvalue weighted by molar-refractivity contribution is -0.132. The van der Waals surface area contributed by atoms with Crippen molar-refractivity contribution in [3.63, 3.8) is 0 Å². The average Bonchev–Trinajstić information content (AvgIpc) is 3.10. The van der Waals surface area contributed by atoms with Gasteiger partial charge in [-0.25, -0.2) is 4.39 Å². The van der Waals surface area contributed by atoms with Crippen molar-refractivity contribution < 1.29 is 13.9 Å². The average molecular weight is 340 g/mol. The van der Waals surface area contributed by atoms with Crippen LogP contribution in [0.1, 0.15) is 31.1 Å². The van der Waals surface area contributed by atoms with E-state index < -0.39 is 12.3 Å². The molecule has 3 atom stereocenters. The van der Waals surface area contributed by atoms with E-state index in [4.69, 9.17) is 4.74 Å². The van der Waals surface area contributed by atoms with Gasteiger partial charge < -0.3 is 10.1 Å². The minimum Gasteiger partial charge on any atom is -0.368 e. The lowest BCUT2D eigenvalue weighted by Gasteiger charge is -2.24. The van der Waals surface area contributed by atoms with E-state index in [1.165, 1.54) is 17.7 Å². The van der Waals surface area contributed by atoms with Gasteiger partial charge in [0.15, 0.2) is 0 Å². The molecule has 1 aromatic rings. The molecular formula is C17H25FN2O2S. The zero-order valence-electron chi connectivity index (χ0n) is 13.5. The third-order valence-corrected chi connectivity index (χ3v) is 5.44. The highest BCUT2D eigenvalue weighted by Gasteiger charge is 2.32. The maximum atomic E-state index is 13.8. The lowest BCUT2D eigenvalue weighted by Crippen LogP contribution is -2.43. The van der Waals surface area contributed by atoms with Crippen LogP contribution in [0, 0.1) is 5.92 Å². The van der Waals surface area contributed by atoms with E-state index in [1.54, 1.807) is 18.3 Å². The molecule has 6 heteroatoms. The largest absolute Gasteiger partial charge is 0.368 e. The number of carbonyl (C=O) groups excluding carboxylic acids is 1. The summed E-state index contributed by atoms with van der Waals surface area (Å²) in [6.07, 6.45) is 1.69. The van der Waals surface area contributed by atoms with Gasteiger partial charge in [-0.3, -0.25) is 9.69 Å². The molecule has 0 spiro atoms. The Morgan fingerprint density at radius 3 is 3.09 bits per heavy atom. The van der Waals surface area contributed by atoms with Crippen molar-refractivity contribution in [2.75, 3.05) is 19.7 Å². The van der Waals surface area contributed by atoms with Crippen LogP contribution >= 0.6 is 11.3 Å². The Morgan fingerprint density at radius 2 is 2.39 bits per heavy atom. The van der Waals surface area contributed by atoms with Crippen molar-refractivity contribution in [1.29, 1.82) is 0 Å². The first-order chi connectivity index (χ1) is 11.1. The third-order valence-electron chi connectivity index (χ3n) is 4.58. The predicted molar refractivity (Wildman–Crippen MR) is 89.2 cm³/mol. The maximum Gasteiger partial charge on any atom is 0.248 e. The summed E-state index contributed by atoms with van der Waals surface area (Å²) in [5, 5.41) is 4.97. The van der Waals surface area contributed by atoms with Gasteiger partial charge in [-0.05, 0) is 43.6 Å². The lowest BCUT2D eigenvalue weighted by atomic mass is 10.2. The first-order valence-electron chi connectivity index (χ1n) is 8.41. The van der Waals surface area contributed by atoms with Crippen molar-refractivity contribution in [3.8, 4) is 0 Å². The van der Waals surface area contributed by atoms with Gasteiger partial charge in [0, 0.05) is 30.6 Å². The van der Waals surface area contributed by atoms with Crippen molar-refractivity contribution in [2.24, 2.45) is 5.92 Å². The van der Waals surface area contributed by atoms with Gasteiger partial charge >= 0.3 is 0 Å². The number of rotatable bonds is 8. The van der Waals surface area contributed by atoms with E-state index >= 15 is 0 Å². The Hall–Kier alpha value is -0.980. The quantitative estimate of drug-likeness (QED) is 0.791. The molecule has 2 aliphatic rings. The minimum absolute atomic E-state index is 0.0617. The van der Waals surface area contributed by atoms with Crippen LogP contribution in [0.15, 0.2) is 17.5 Å². The number of ether oxygens (including phenoxy) is 1. The van der Waals surface area contributed by atoms with Crippen molar-refractivity contribution in [2.45, 2.75) is 51.0 Å². The van der Waals surface area contributed by atoms with Crippen molar-refractivity contribution >= 4 is 17.2 Å².